The molecule has 3 aliphatic rings. The number of benzene rings is 1. The number of halogens is 1. The number of H-pyrrole nitrogens is 1. The summed E-state index contributed by atoms with van der Waals surface area (Å²) in [4.78, 5) is 13.6. The highest BCUT2D eigenvalue weighted by Gasteiger charge is 2.45. The molecule has 3 N–H and O–H groups in total. The summed E-state index contributed by atoms with van der Waals surface area (Å²) in [7, 11) is -4.26. The number of ether oxygens (including phenoxy) is 1. The van der Waals surface area contributed by atoms with E-state index in [1.807, 2.05) is 0 Å². The van der Waals surface area contributed by atoms with Gasteiger partial charge in [-0.25, -0.2) is 13.4 Å². The number of carbonyl (C=O) groups excluding carboxylic acids is 1. The molecular weight excluding hydrogens is 405 g/mol. The SMILES string of the molecule is O=C1CN(c2c(O)ccc(-c3cc(N4CCC5(COC5)C4)n[nH]3)c2F)S(=O)(=O)N1. The van der Waals surface area contributed by atoms with Gasteiger partial charge >= 0.3 is 10.2 Å². The van der Waals surface area contributed by atoms with Crippen LogP contribution in [0.2, 0.25) is 0 Å². The molecule has 1 amide bonds. The van der Waals surface area contributed by atoms with E-state index < -0.39 is 39.9 Å². The van der Waals surface area contributed by atoms with Gasteiger partial charge in [0.2, 0.25) is 0 Å². The molecule has 3 aliphatic heterocycles. The molecule has 3 saturated heterocycles. The summed E-state index contributed by atoms with van der Waals surface area (Å²) >= 11 is 0. The minimum atomic E-state index is -4.26. The van der Waals surface area contributed by atoms with Crippen molar-refractivity contribution in [2.24, 2.45) is 5.41 Å². The first-order chi connectivity index (χ1) is 13.8. The first-order valence-corrected chi connectivity index (χ1v) is 10.5. The van der Waals surface area contributed by atoms with Gasteiger partial charge in [-0.1, -0.05) is 0 Å². The predicted molar refractivity (Wildman–Crippen MR) is 100 cm³/mol. The Hall–Kier alpha value is -2.86. The van der Waals surface area contributed by atoms with E-state index in [0.717, 1.165) is 32.7 Å². The van der Waals surface area contributed by atoms with E-state index in [1.165, 1.54) is 12.1 Å². The van der Waals surface area contributed by atoms with Crippen LogP contribution in [-0.2, 0) is 19.7 Å². The number of carbonyl (C=O) groups is 1. The van der Waals surface area contributed by atoms with Crippen molar-refractivity contribution in [1.82, 2.24) is 14.9 Å². The van der Waals surface area contributed by atoms with Gasteiger partial charge < -0.3 is 14.7 Å². The molecule has 0 bridgehead atoms. The lowest BCUT2D eigenvalue weighted by molar-refractivity contribution is -0.117. The summed E-state index contributed by atoms with van der Waals surface area (Å²) < 4.78 is 47.0. The van der Waals surface area contributed by atoms with Crippen LogP contribution < -0.4 is 13.9 Å². The Morgan fingerprint density at radius 1 is 1.31 bits per heavy atom. The molecule has 0 radical (unpaired) electrons. The van der Waals surface area contributed by atoms with Gasteiger partial charge in [-0.2, -0.15) is 13.5 Å². The second kappa shape index (κ2) is 6.07. The summed E-state index contributed by atoms with van der Waals surface area (Å²) in [6, 6.07) is 4.19. The fraction of sp³-hybridized carbons (Fsp3) is 0.412. The fourth-order valence-electron chi connectivity index (χ4n) is 4.01. The third-order valence-electron chi connectivity index (χ3n) is 5.60. The van der Waals surface area contributed by atoms with Crippen molar-refractivity contribution < 1.29 is 27.4 Å². The van der Waals surface area contributed by atoms with Gasteiger partial charge in [0.25, 0.3) is 5.91 Å². The van der Waals surface area contributed by atoms with Crippen LogP contribution in [0.5, 0.6) is 5.75 Å². The molecule has 12 heteroatoms. The first kappa shape index (κ1) is 18.2. The molecule has 2 aromatic rings. The Kier molecular flexibility index (Phi) is 3.80. The highest BCUT2D eigenvalue weighted by Crippen LogP contribution is 2.41. The number of phenolic OH excluding ortho intramolecular Hbond substituents is 1. The topological polar surface area (TPSA) is 128 Å². The van der Waals surface area contributed by atoms with Crippen LogP contribution >= 0.6 is 0 Å². The monoisotopic (exact) mass is 423 g/mol. The van der Waals surface area contributed by atoms with Crippen LogP contribution in [0.25, 0.3) is 11.3 Å². The summed E-state index contributed by atoms with van der Waals surface area (Å²) in [6.07, 6.45) is 1.00. The van der Waals surface area contributed by atoms with Gasteiger partial charge in [0.1, 0.15) is 18.0 Å². The van der Waals surface area contributed by atoms with E-state index in [9.17, 15) is 18.3 Å². The molecule has 0 atom stereocenters. The minimum Gasteiger partial charge on any atom is -0.506 e. The molecule has 1 aromatic heterocycles. The van der Waals surface area contributed by atoms with E-state index in [4.69, 9.17) is 4.74 Å². The number of hydrogen-bond acceptors (Lipinski definition) is 7. The Morgan fingerprint density at radius 3 is 2.72 bits per heavy atom. The van der Waals surface area contributed by atoms with Crippen LogP contribution in [0.4, 0.5) is 15.9 Å². The largest absolute Gasteiger partial charge is 0.506 e. The predicted octanol–water partition coefficient (Wildman–Crippen LogP) is 0.329. The number of aromatic amines is 1. The summed E-state index contributed by atoms with van der Waals surface area (Å²) in [6.45, 7) is 2.47. The number of nitrogens with one attached hydrogen (secondary N) is 2. The minimum absolute atomic E-state index is 0.0342. The normalized spacial score (nSPS) is 22.2. The molecular formula is C17H18FN5O5S. The van der Waals surface area contributed by atoms with Crippen LogP contribution in [0.15, 0.2) is 18.2 Å². The average molecular weight is 423 g/mol. The Balaban J connectivity index is 1.48. The molecule has 1 spiro atoms. The lowest BCUT2D eigenvalue weighted by Crippen LogP contribution is -2.44. The van der Waals surface area contributed by atoms with Crippen LogP contribution in [-0.4, -0.2) is 62.5 Å². The number of aromatic nitrogens is 2. The van der Waals surface area contributed by atoms with Crippen molar-refractivity contribution in [2.45, 2.75) is 6.42 Å². The maximum Gasteiger partial charge on any atom is 0.326 e. The maximum absolute atomic E-state index is 15.2. The van der Waals surface area contributed by atoms with Crippen LogP contribution in [0.1, 0.15) is 6.42 Å². The molecule has 154 valence electrons. The van der Waals surface area contributed by atoms with Gasteiger partial charge in [0, 0.05) is 30.1 Å². The second-order valence-corrected chi connectivity index (χ2v) is 9.23. The number of phenols is 1. The number of anilines is 2. The molecule has 1 aromatic carbocycles. The Morgan fingerprint density at radius 2 is 2.10 bits per heavy atom. The molecule has 5 rings (SSSR count). The van der Waals surface area contributed by atoms with Crippen molar-refractivity contribution in [2.75, 3.05) is 42.1 Å². The number of rotatable bonds is 3. The average Bonchev–Trinajstić information content (AvgIpc) is 3.32. The van der Waals surface area contributed by atoms with Crippen LogP contribution in [0.3, 0.4) is 0 Å². The van der Waals surface area contributed by atoms with E-state index in [2.05, 4.69) is 15.1 Å². The molecule has 0 aliphatic carbocycles. The smallest absolute Gasteiger partial charge is 0.326 e. The zero-order chi connectivity index (χ0) is 20.4. The van der Waals surface area contributed by atoms with Gasteiger partial charge in [-0.3, -0.25) is 9.89 Å². The van der Waals surface area contributed by atoms with E-state index in [-0.39, 0.29) is 11.0 Å². The molecule has 10 nitrogen and oxygen atoms in total. The zero-order valence-electron chi connectivity index (χ0n) is 15.2. The number of nitrogens with zero attached hydrogens (tertiary/aromatic N) is 3. The maximum atomic E-state index is 15.2. The quantitative estimate of drug-likeness (QED) is 0.649. The highest BCUT2D eigenvalue weighted by molar-refractivity contribution is 7.92. The Labute approximate surface area is 165 Å². The second-order valence-electron chi connectivity index (χ2n) is 7.64. The lowest BCUT2D eigenvalue weighted by atomic mass is 9.85. The molecule has 4 heterocycles. The number of hydrogen-bond donors (Lipinski definition) is 3. The molecule has 0 saturated carbocycles. The van der Waals surface area contributed by atoms with Crippen LogP contribution in [0, 0.1) is 11.2 Å². The van der Waals surface area contributed by atoms with Crippen molar-refractivity contribution >= 4 is 27.6 Å². The first-order valence-electron chi connectivity index (χ1n) is 9.01. The van der Waals surface area contributed by atoms with E-state index in [0.29, 0.717) is 15.8 Å². The third kappa shape index (κ3) is 2.82. The van der Waals surface area contributed by atoms with Crippen molar-refractivity contribution in [3.8, 4) is 17.0 Å². The zero-order valence-corrected chi connectivity index (χ0v) is 16.0. The van der Waals surface area contributed by atoms with Crippen molar-refractivity contribution in [3.63, 3.8) is 0 Å². The summed E-state index contributed by atoms with van der Waals surface area (Å²) in [5.41, 5.74) is -0.0455. The van der Waals surface area contributed by atoms with Gasteiger partial charge in [0.15, 0.2) is 11.6 Å². The standard InChI is InChI=1S/C17H18FN5O5S/c18-15-10(1-2-12(24)16(15)23-6-14(25)21-29(23,26)27)11-5-13(20-19-11)22-4-3-17(7-22)8-28-9-17/h1-2,5,24H,3-4,6-9H2,(H,19,20)(H,21,25). The summed E-state index contributed by atoms with van der Waals surface area (Å²) in [5, 5.41) is 17.1. The molecule has 29 heavy (non-hydrogen) atoms. The van der Waals surface area contributed by atoms with Crippen molar-refractivity contribution in [1.29, 1.82) is 0 Å². The third-order valence-corrected chi connectivity index (χ3v) is 6.98. The highest BCUT2D eigenvalue weighted by atomic mass is 32.2. The molecule has 0 unspecified atom stereocenters. The van der Waals surface area contributed by atoms with Gasteiger partial charge in [-0.05, 0) is 18.6 Å². The number of aromatic hydroxyl groups is 1. The van der Waals surface area contributed by atoms with E-state index >= 15 is 4.39 Å². The van der Waals surface area contributed by atoms with Gasteiger partial charge in [-0.15, -0.1) is 0 Å². The summed E-state index contributed by atoms with van der Waals surface area (Å²) in [5.74, 6) is -1.70. The van der Waals surface area contributed by atoms with Crippen molar-refractivity contribution in [3.05, 3.63) is 24.0 Å². The number of amides is 1. The van der Waals surface area contributed by atoms with Gasteiger partial charge in [0.05, 0.1) is 18.9 Å². The van der Waals surface area contributed by atoms with E-state index in [1.54, 1.807) is 10.8 Å². The lowest BCUT2D eigenvalue weighted by Gasteiger charge is -2.37. The molecule has 3 fully saturated rings. The fourth-order valence-corrected chi connectivity index (χ4v) is 5.18. The Bertz CT molecular complexity index is 1110.